The SMILES string of the molecule is CC(=O)OC1(C)CCC(CCC2(OC(C)=O)CCCC2)C1. The summed E-state index contributed by atoms with van der Waals surface area (Å²) in [6, 6.07) is 0. The predicted molar refractivity (Wildman–Crippen MR) is 79.7 cm³/mol. The van der Waals surface area contributed by atoms with E-state index in [-0.39, 0.29) is 23.1 Å². The number of carbonyl (C=O) groups excluding carboxylic acids is 2. The fourth-order valence-electron chi connectivity index (χ4n) is 4.20. The van der Waals surface area contributed by atoms with Crippen LogP contribution < -0.4 is 0 Å². The molecule has 0 bridgehead atoms. The van der Waals surface area contributed by atoms with Crippen LogP contribution in [-0.2, 0) is 19.1 Å². The van der Waals surface area contributed by atoms with Gasteiger partial charge in [0.25, 0.3) is 0 Å². The van der Waals surface area contributed by atoms with E-state index in [0.29, 0.717) is 5.92 Å². The highest BCUT2D eigenvalue weighted by Crippen LogP contribution is 2.43. The monoisotopic (exact) mass is 296 g/mol. The quantitative estimate of drug-likeness (QED) is 0.725. The van der Waals surface area contributed by atoms with Crippen molar-refractivity contribution in [2.24, 2.45) is 5.92 Å². The zero-order chi connectivity index (χ0) is 15.5. The van der Waals surface area contributed by atoms with E-state index in [2.05, 4.69) is 0 Å². The Labute approximate surface area is 127 Å². The molecule has 2 atom stereocenters. The van der Waals surface area contributed by atoms with Gasteiger partial charge < -0.3 is 9.47 Å². The van der Waals surface area contributed by atoms with E-state index in [4.69, 9.17) is 9.47 Å². The van der Waals surface area contributed by atoms with Crippen LogP contribution in [0.3, 0.4) is 0 Å². The van der Waals surface area contributed by atoms with Gasteiger partial charge in [0.15, 0.2) is 0 Å². The summed E-state index contributed by atoms with van der Waals surface area (Å²) >= 11 is 0. The third-order valence-corrected chi connectivity index (χ3v) is 5.08. The first-order chi connectivity index (χ1) is 9.83. The second-order valence-electron chi connectivity index (χ2n) is 7.17. The molecule has 0 heterocycles. The normalized spacial score (nSPS) is 31.1. The first kappa shape index (κ1) is 16.3. The lowest BCUT2D eigenvalue weighted by Crippen LogP contribution is -2.32. The van der Waals surface area contributed by atoms with Gasteiger partial charge in [0.1, 0.15) is 11.2 Å². The Bertz CT molecular complexity index is 398. The van der Waals surface area contributed by atoms with Crippen LogP contribution in [0.4, 0.5) is 0 Å². The van der Waals surface area contributed by atoms with Gasteiger partial charge in [-0.2, -0.15) is 0 Å². The van der Waals surface area contributed by atoms with Crippen molar-refractivity contribution >= 4 is 11.9 Å². The summed E-state index contributed by atoms with van der Waals surface area (Å²) in [7, 11) is 0. The Kier molecular flexibility index (Phi) is 4.95. The molecule has 2 rings (SSSR count). The molecule has 0 radical (unpaired) electrons. The van der Waals surface area contributed by atoms with Gasteiger partial charge in [-0.3, -0.25) is 9.59 Å². The van der Waals surface area contributed by atoms with E-state index in [1.165, 1.54) is 13.8 Å². The van der Waals surface area contributed by atoms with Crippen molar-refractivity contribution in [2.75, 3.05) is 0 Å². The van der Waals surface area contributed by atoms with E-state index in [9.17, 15) is 9.59 Å². The van der Waals surface area contributed by atoms with E-state index >= 15 is 0 Å². The lowest BCUT2D eigenvalue weighted by atomic mass is 9.89. The largest absolute Gasteiger partial charge is 0.460 e. The van der Waals surface area contributed by atoms with Gasteiger partial charge in [-0.15, -0.1) is 0 Å². The summed E-state index contributed by atoms with van der Waals surface area (Å²) in [4.78, 5) is 22.5. The van der Waals surface area contributed by atoms with E-state index in [1.807, 2.05) is 6.92 Å². The van der Waals surface area contributed by atoms with E-state index in [1.54, 1.807) is 0 Å². The molecule has 2 saturated carbocycles. The van der Waals surface area contributed by atoms with Gasteiger partial charge in [0, 0.05) is 13.8 Å². The molecular weight excluding hydrogens is 268 g/mol. The Morgan fingerprint density at radius 3 is 2.24 bits per heavy atom. The van der Waals surface area contributed by atoms with Crippen LogP contribution in [-0.4, -0.2) is 23.1 Å². The highest BCUT2D eigenvalue weighted by Gasteiger charge is 2.41. The lowest BCUT2D eigenvalue weighted by molar-refractivity contribution is -0.158. The molecule has 0 aromatic carbocycles. The van der Waals surface area contributed by atoms with Crippen molar-refractivity contribution in [2.45, 2.75) is 89.8 Å². The average molecular weight is 296 g/mol. The summed E-state index contributed by atoms with van der Waals surface area (Å²) in [5.41, 5.74) is -0.507. The molecule has 2 aliphatic carbocycles. The number of rotatable bonds is 5. The average Bonchev–Trinajstić information content (AvgIpc) is 2.93. The lowest BCUT2D eigenvalue weighted by Gasteiger charge is -2.30. The topological polar surface area (TPSA) is 52.6 Å². The number of ether oxygens (including phenoxy) is 2. The van der Waals surface area contributed by atoms with Gasteiger partial charge in [0.05, 0.1) is 0 Å². The molecular formula is C17H28O4. The predicted octanol–water partition coefficient (Wildman–Crippen LogP) is 3.76. The first-order valence-electron chi connectivity index (χ1n) is 8.22. The number of esters is 2. The molecule has 0 aromatic rings. The van der Waals surface area contributed by atoms with Gasteiger partial charge in [-0.1, -0.05) is 0 Å². The van der Waals surface area contributed by atoms with Crippen molar-refractivity contribution in [1.29, 1.82) is 0 Å². The molecule has 2 aliphatic rings. The van der Waals surface area contributed by atoms with E-state index < -0.39 is 0 Å². The van der Waals surface area contributed by atoms with Crippen LogP contribution in [0.1, 0.15) is 78.6 Å². The molecule has 0 aromatic heterocycles. The summed E-state index contributed by atoms with van der Waals surface area (Å²) in [6.07, 6.45) is 9.30. The molecule has 0 spiro atoms. The fourth-order valence-corrected chi connectivity index (χ4v) is 4.20. The Hall–Kier alpha value is -1.06. The van der Waals surface area contributed by atoms with Crippen molar-refractivity contribution in [1.82, 2.24) is 0 Å². The molecule has 120 valence electrons. The molecule has 2 fully saturated rings. The van der Waals surface area contributed by atoms with Crippen LogP contribution in [0.15, 0.2) is 0 Å². The zero-order valence-corrected chi connectivity index (χ0v) is 13.6. The van der Waals surface area contributed by atoms with Crippen LogP contribution in [0.5, 0.6) is 0 Å². The fraction of sp³-hybridized carbons (Fsp3) is 0.882. The zero-order valence-electron chi connectivity index (χ0n) is 13.6. The number of hydrogen-bond acceptors (Lipinski definition) is 4. The second kappa shape index (κ2) is 6.37. The third-order valence-electron chi connectivity index (χ3n) is 5.08. The van der Waals surface area contributed by atoms with Crippen molar-refractivity contribution in [3.8, 4) is 0 Å². The Balaban J connectivity index is 1.85. The minimum absolute atomic E-state index is 0.159. The summed E-state index contributed by atoms with van der Waals surface area (Å²) < 4.78 is 11.1. The second-order valence-corrected chi connectivity index (χ2v) is 7.17. The van der Waals surface area contributed by atoms with Crippen LogP contribution >= 0.6 is 0 Å². The molecule has 4 nitrogen and oxygen atoms in total. The minimum atomic E-state index is -0.291. The van der Waals surface area contributed by atoms with Gasteiger partial charge >= 0.3 is 11.9 Å². The van der Waals surface area contributed by atoms with Crippen LogP contribution in [0, 0.1) is 5.92 Å². The Morgan fingerprint density at radius 2 is 1.67 bits per heavy atom. The third kappa shape index (κ3) is 4.45. The summed E-state index contributed by atoms with van der Waals surface area (Å²) in [6.45, 7) is 5.02. The number of carbonyl (C=O) groups is 2. The first-order valence-corrected chi connectivity index (χ1v) is 8.22. The highest BCUT2D eigenvalue weighted by molar-refractivity contribution is 5.67. The molecule has 2 unspecified atom stereocenters. The van der Waals surface area contributed by atoms with Gasteiger partial charge in [0.2, 0.25) is 0 Å². The van der Waals surface area contributed by atoms with Crippen molar-refractivity contribution in [3.05, 3.63) is 0 Å². The maximum Gasteiger partial charge on any atom is 0.303 e. The maximum atomic E-state index is 11.3. The Morgan fingerprint density at radius 1 is 1.05 bits per heavy atom. The molecule has 0 N–H and O–H groups in total. The molecule has 0 saturated heterocycles. The van der Waals surface area contributed by atoms with Crippen LogP contribution in [0.25, 0.3) is 0 Å². The number of hydrogen-bond donors (Lipinski definition) is 0. The molecule has 21 heavy (non-hydrogen) atoms. The molecule has 0 aliphatic heterocycles. The van der Waals surface area contributed by atoms with Crippen molar-refractivity contribution < 1.29 is 19.1 Å². The van der Waals surface area contributed by atoms with Crippen molar-refractivity contribution in [3.63, 3.8) is 0 Å². The minimum Gasteiger partial charge on any atom is -0.460 e. The summed E-state index contributed by atoms with van der Waals surface area (Å²) in [5, 5.41) is 0. The molecule has 0 amide bonds. The summed E-state index contributed by atoms with van der Waals surface area (Å²) in [5.74, 6) is 0.223. The van der Waals surface area contributed by atoms with Gasteiger partial charge in [-0.05, 0) is 70.6 Å². The smallest absolute Gasteiger partial charge is 0.303 e. The maximum absolute atomic E-state index is 11.3. The van der Waals surface area contributed by atoms with E-state index in [0.717, 1.165) is 57.8 Å². The highest BCUT2D eigenvalue weighted by atomic mass is 16.6. The molecule has 4 heteroatoms. The van der Waals surface area contributed by atoms with Gasteiger partial charge in [-0.25, -0.2) is 0 Å². The van der Waals surface area contributed by atoms with Crippen LogP contribution in [0.2, 0.25) is 0 Å². The standard InChI is InChI=1S/C17H28O4/c1-13(18)20-16(3)10-6-15(12-16)7-11-17(21-14(2)19)8-4-5-9-17/h15H,4-12H2,1-3H3.